The number of ether oxygens (including phenoxy) is 1. The van der Waals surface area contributed by atoms with Gasteiger partial charge in [-0.15, -0.1) is 10.2 Å². The number of aliphatic hydroxyl groups is 2. The zero-order chi connectivity index (χ0) is 42.0. The van der Waals surface area contributed by atoms with Gasteiger partial charge in [0.1, 0.15) is 5.82 Å². The van der Waals surface area contributed by atoms with Crippen molar-refractivity contribution < 1.29 is 24.9 Å². The molecule has 2 atom stereocenters. The van der Waals surface area contributed by atoms with Gasteiger partial charge in [0, 0.05) is 73.3 Å². The van der Waals surface area contributed by atoms with Gasteiger partial charge in [0.05, 0.1) is 28.6 Å². The molecule has 5 aromatic rings. The highest BCUT2D eigenvalue weighted by Crippen LogP contribution is 2.72. The van der Waals surface area contributed by atoms with Crippen LogP contribution in [0.3, 0.4) is 0 Å². The molecule has 0 spiro atoms. The second-order valence-corrected chi connectivity index (χ2v) is 20.2. The number of anilines is 4. The van der Waals surface area contributed by atoms with E-state index in [1.807, 2.05) is 30.9 Å². The highest BCUT2D eigenvalue weighted by molar-refractivity contribution is 7.22. The zero-order valence-electron chi connectivity index (χ0n) is 35.3. The SMILES string of the molecule is Cc1ccc2sc(Nc3nnc4c(c3C)CCCN4c3ccc(-c4cnn(CC56CC7(C)CC(C)(C5)CC(OCCNCC(CO)CO)(C7)C6)c4C)c(C(=O)O)n3)nc2c1. The summed E-state index contributed by atoms with van der Waals surface area (Å²) in [4.78, 5) is 24.5. The van der Waals surface area contributed by atoms with Crippen LogP contribution in [0.4, 0.5) is 22.6 Å². The summed E-state index contributed by atoms with van der Waals surface area (Å²) in [6, 6.07) is 10.0. The van der Waals surface area contributed by atoms with Gasteiger partial charge in [0.2, 0.25) is 0 Å². The average Bonchev–Trinajstić information content (AvgIpc) is 3.76. The summed E-state index contributed by atoms with van der Waals surface area (Å²) < 4.78 is 10.0. The number of fused-ring (bicyclic) bond motifs is 2. The van der Waals surface area contributed by atoms with Crippen molar-refractivity contribution in [2.75, 3.05) is 49.7 Å². The number of hydrogen-bond acceptors (Lipinski definition) is 13. The van der Waals surface area contributed by atoms with Crippen LogP contribution >= 0.6 is 11.3 Å². The molecular weight excluding hydrogens is 779 g/mol. The minimum Gasteiger partial charge on any atom is -0.476 e. The van der Waals surface area contributed by atoms with Gasteiger partial charge in [-0.05, 0) is 118 Å². The fourth-order valence-corrected chi connectivity index (χ4v) is 13.1. The number of rotatable bonds is 15. The predicted molar refractivity (Wildman–Crippen MR) is 232 cm³/mol. The maximum absolute atomic E-state index is 13.0. The Morgan fingerprint density at radius 2 is 1.75 bits per heavy atom. The molecule has 4 fully saturated rings. The summed E-state index contributed by atoms with van der Waals surface area (Å²) in [5.74, 6) is 0.613. The molecule has 5 aliphatic rings. The maximum Gasteiger partial charge on any atom is 0.355 e. The standard InChI is InChI=1S/C45H57N9O5S/c1-27-8-10-35-34(15-27)48-41(60-35)50-38-28(2)31-7-6-13-53(39(31)52-51-38)36-11-9-32(37(49-36)40(57)58)33-17-47-54(29(33)3)26-44-21-42(4)20-43(5,22-44)24-45(23-42,25-44)59-14-12-46-16-30(18-55)19-56/h8-11,15,17,30,46,55-56H,6-7,12-14,16,18-26H2,1-5H3,(H,57,58)(H,48,50,51). The van der Waals surface area contributed by atoms with Crippen LogP contribution in [0.25, 0.3) is 21.3 Å². The number of aromatic nitrogens is 6. The van der Waals surface area contributed by atoms with Crippen LogP contribution in [0, 0.1) is 42.9 Å². The first-order chi connectivity index (χ1) is 28.7. The Kier molecular flexibility index (Phi) is 10.5. The molecule has 2 unspecified atom stereocenters. The van der Waals surface area contributed by atoms with E-state index in [1.165, 1.54) is 6.42 Å². The lowest BCUT2D eigenvalue weighted by atomic mass is 9.39. The summed E-state index contributed by atoms with van der Waals surface area (Å²) in [7, 11) is 0. The van der Waals surface area contributed by atoms with Gasteiger partial charge in [-0.3, -0.25) is 4.68 Å². The fourth-order valence-electron chi connectivity index (χ4n) is 12.3. The Bertz CT molecular complexity index is 2430. The molecule has 10 rings (SSSR count). The van der Waals surface area contributed by atoms with Crippen molar-refractivity contribution in [1.29, 1.82) is 0 Å². The quantitative estimate of drug-likeness (QED) is 0.0673. The highest BCUT2D eigenvalue weighted by atomic mass is 32.1. The summed E-state index contributed by atoms with van der Waals surface area (Å²) >= 11 is 1.58. The van der Waals surface area contributed by atoms with E-state index < -0.39 is 5.97 Å². The molecule has 5 N–H and O–H groups in total. The van der Waals surface area contributed by atoms with E-state index in [1.54, 1.807) is 17.5 Å². The van der Waals surface area contributed by atoms with Gasteiger partial charge in [0.15, 0.2) is 22.5 Å². The van der Waals surface area contributed by atoms with E-state index in [0.717, 1.165) is 94.8 Å². The van der Waals surface area contributed by atoms with E-state index in [9.17, 15) is 20.1 Å². The third-order valence-corrected chi connectivity index (χ3v) is 14.6. The Morgan fingerprint density at radius 1 is 0.967 bits per heavy atom. The van der Waals surface area contributed by atoms with Crippen molar-refractivity contribution in [1.82, 2.24) is 35.3 Å². The molecule has 0 saturated heterocycles. The van der Waals surface area contributed by atoms with Crippen LogP contribution in [0.15, 0.2) is 36.5 Å². The van der Waals surface area contributed by atoms with Crippen LogP contribution in [-0.2, 0) is 17.7 Å². The second-order valence-electron chi connectivity index (χ2n) is 19.2. The number of aryl methyl sites for hydroxylation is 1. The Hall–Kier alpha value is -4.54. The molecule has 4 bridgehead atoms. The van der Waals surface area contributed by atoms with Gasteiger partial charge in [-0.2, -0.15) is 5.10 Å². The molecule has 1 aliphatic heterocycles. The number of hydrogen-bond donors (Lipinski definition) is 5. The lowest BCUT2D eigenvalue weighted by Gasteiger charge is -2.69. The Morgan fingerprint density at radius 3 is 2.50 bits per heavy atom. The first-order valence-corrected chi connectivity index (χ1v) is 22.1. The van der Waals surface area contributed by atoms with Crippen molar-refractivity contribution >= 4 is 50.1 Å². The number of benzene rings is 1. The van der Waals surface area contributed by atoms with E-state index in [0.29, 0.717) is 49.3 Å². The van der Waals surface area contributed by atoms with Gasteiger partial charge in [-0.1, -0.05) is 31.3 Å². The molecule has 60 heavy (non-hydrogen) atoms. The van der Waals surface area contributed by atoms with Gasteiger partial charge in [0.25, 0.3) is 0 Å². The molecular formula is C45H57N9O5S. The summed E-state index contributed by atoms with van der Waals surface area (Å²) in [6.45, 7) is 14.1. The maximum atomic E-state index is 13.0. The number of carboxylic acids is 1. The van der Waals surface area contributed by atoms with Crippen molar-refractivity contribution in [3.8, 4) is 11.1 Å². The number of nitrogens with one attached hydrogen (secondary N) is 2. The molecule has 5 heterocycles. The minimum atomic E-state index is -1.09. The molecule has 15 heteroatoms. The first-order valence-electron chi connectivity index (χ1n) is 21.3. The van der Waals surface area contributed by atoms with Crippen LogP contribution in [-0.4, -0.2) is 96.3 Å². The molecule has 318 valence electrons. The van der Waals surface area contributed by atoms with Crippen LogP contribution < -0.4 is 15.5 Å². The predicted octanol–water partition coefficient (Wildman–Crippen LogP) is 7.12. The molecule has 0 amide bonds. The second kappa shape index (κ2) is 15.4. The summed E-state index contributed by atoms with van der Waals surface area (Å²) in [6.07, 6.45) is 9.95. The largest absolute Gasteiger partial charge is 0.476 e. The minimum absolute atomic E-state index is 0.0000554. The summed E-state index contributed by atoms with van der Waals surface area (Å²) in [5.41, 5.74) is 6.49. The van der Waals surface area contributed by atoms with Gasteiger partial charge >= 0.3 is 5.97 Å². The lowest BCUT2D eigenvalue weighted by molar-refractivity contribution is -0.247. The summed E-state index contributed by atoms with van der Waals surface area (Å²) in [5, 5.41) is 51.2. The van der Waals surface area contributed by atoms with Crippen molar-refractivity contribution in [3.63, 3.8) is 0 Å². The number of nitrogens with zero attached hydrogens (tertiary/aromatic N) is 7. The lowest BCUT2D eigenvalue weighted by Crippen LogP contribution is -2.64. The third-order valence-electron chi connectivity index (χ3n) is 13.7. The molecule has 4 aliphatic carbocycles. The van der Waals surface area contributed by atoms with Crippen molar-refractivity contribution in [2.45, 2.75) is 98.1 Å². The Balaban J connectivity index is 0.944. The van der Waals surface area contributed by atoms with Crippen LogP contribution in [0.1, 0.15) is 91.7 Å². The number of carbonyl (C=O) groups is 1. The van der Waals surface area contributed by atoms with Gasteiger partial charge < -0.3 is 35.6 Å². The monoisotopic (exact) mass is 835 g/mol. The number of pyridine rings is 1. The molecule has 0 radical (unpaired) electrons. The van der Waals surface area contributed by atoms with E-state index in [-0.39, 0.29) is 46.7 Å². The average molecular weight is 836 g/mol. The third kappa shape index (κ3) is 7.56. The number of carboxylic acid groups (broad SMARTS) is 1. The Labute approximate surface area is 354 Å². The van der Waals surface area contributed by atoms with Crippen molar-refractivity contribution in [3.05, 3.63) is 64.6 Å². The highest BCUT2D eigenvalue weighted by Gasteiger charge is 2.66. The van der Waals surface area contributed by atoms with Gasteiger partial charge in [-0.25, -0.2) is 14.8 Å². The van der Waals surface area contributed by atoms with E-state index in [4.69, 9.17) is 19.8 Å². The molecule has 14 nitrogen and oxygen atoms in total. The first kappa shape index (κ1) is 40.8. The van der Waals surface area contributed by atoms with Crippen LogP contribution in [0.2, 0.25) is 0 Å². The molecule has 4 aromatic heterocycles. The number of aliphatic hydroxyl groups excluding tert-OH is 2. The van der Waals surface area contributed by atoms with Crippen molar-refractivity contribution in [2.24, 2.45) is 22.2 Å². The molecule has 1 aromatic carbocycles. The number of aromatic carboxylic acids is 1. The number of thiazole rings is 1. The zero-order valence-corrected chi connectivity index (χ0v) is 36.2. The normalized spacial score (nSPS) is 25.7. The fraction of sp³-hybridized carbons (Fsp3) is 0.556. The molecule has 4 saturated carbocycles. The van der Waals surface area contributed by atoms with Crippen LogP contribution in [0.5, 0.6) is 0 Å². The van der Waals surface area contributed by atoms with E-state index in [2.05, 4.69) is 64.5 Å². The van der Waals surface area contributed by atoms with E-state index >= 15 is 0 Å². The topological polar surface area (TPSA) is 184 Å². The smallest absolute Gasteiger partial charge is 0.355 e.